The van der Waals surface area contributed by atoms with Crippen LogP contribution in [0.1, 0.15) is 5.56 Å². The molecular formula is C12H14ClN. The molecule has 0 spiro atoms. The second-order valence-corrected chi connectivity index (χ2v) is 4.24. The van der Waals surface area contributed by atoms with E-state index in [2.05, 4.69) is 42.3 Å². The molecule has 74 valence electrons. The molecule has 1 atom stereocenters. The highest BCUT2D eigenvalue weighted by Crippen LogP contribution is 2.25. The smallest absolute Gasteiger partial charge is 0.0715 e. The summed E-state index contributed by atoms with van der Waals surface area (Å²) in [6, 6.07) is 10.4. The van der Waals surface area contributed by atoms with Gasteiger partial charge >= 0.3 is 0 Å². The number of halogens is 1. The third-order valence-corrected chi connectivity index (χ3v) is 2.91. The molecule has 0 N–H and O–H groups in total. The molecule has 1 aromatic rings. The monoisotopic (exact) mass is 207 g/mol. The van der Waals surface area contributed by atoms with Crippen molar-refractivity contribution in [1.82, 2.24) is 4.90 Å². The molecule has 1 heterocycles. The quantitative estimate of drug-likeness (QED) is 0.640. The van der Waals surface area contributed by atoms with Crippen molar-refractivity contribution in [2.24, 2.45) is 0 Å². The Morgan fingerprint density at radius 2 is 2.00 bits per heavy atom. The fourth-order valence-electron chi connectivity index (χ4n) is 1.76. The van der Waals surface area contributed by atoms with Gasteiger partial charge < -0.3 is 4.90 Å². The molecule has 0 aliphatic carbocycles. The van der Waals surface area contributed by atoms with Crippen molar-refractivity contribution in [2.45, 2.75) is 5.38 Å². The van der Waals surface area contributed by atoms with Crippen LogP contribution in [0.3, 0.4) is 0 Å². The molecule has 0 saturated carbocycles. The lowest BCUT2D eigenvalue weighted by molar-refractivity contribution is 0.372. The standard InChI is InChI=1S/C12H14ClN/c1-14-8-7-11(12(13)9-14)10-5-3-2-4-6-10/h2-7,12H,8-9H2,1H3. The molecule has 2 heteroatoms. The topological polar surface area (TPSA) is 3.24 Å². The number of benzene rings is 1. The molecule has 0 aromatic heterocycles. The van der Waals surface area contributed by atoms with Gasteiger partial charge in [0.1, 0.15) is 0 Å². The maximum absolute atomic E-state index is 6.30. The molecule has 1 aliphatic rings. The number of hydrogen-bond acceptors (Lipinski definition) is 1. The molecule has 1 unspecified atom stereocenters. The Bertz CT molecular complexity index is 331. The minimum Gasteiger partial charge on any atom is -0.301 e. The average molecular weight is 208 g/mol. The Labute approximate surface area is 90.0 Å². The van der Waals surface area contributed by atoms with E-state index in [-0.39, 0.29) is 5.38 Å². The first kappa shape index (κ1) is 9.75. The highest BCUT2D eigenvalue weighted by atomic mass is 35.5. The van der Waals surface area contributed by atoms with E-state index in [1.807, 2.05) is 6.07 Å². The first-order valence-electron chi connectivity index (χ1n) is 4.85. The van der Waals surface area contributed by atoms with Gasteiger partial charge in [-0.2, -0.15) is 0 Å². The molecule has 0 fully saturated rings. The molecule has 0 bridgehead atoms. The van der Waals surface area contributed by atoms with Gasteiger partial charge in [-0.05, 0) is 18.2 Å². The normalized spacial score (nSPS) is 23.3. The molecular weight excluding hydrogens is 194 g/mol. The molecule has 1 nitrogen and oxygen atoms in total. The molecule has 2 rings (SSSR count). The van der Waals surface area contributed by atoms with Crippen molar-refractivity contribution in [3.8, 4) is 0 Å². The lowest BCUT2D eigenvalue weighted by Crippen LogP contribution is -2.31. The zero-order valence-electron chi connectivity index (χ0n) is 8.28. The Kier molecular flexibility index (Phi) is 2.90. The maximum Gasteiger partial charge on any atom is 0.0715 e. The van der Waals surface area contributed by atoms with Crippen LogP contribution in [0.15, 0.2) is 36.4 Å². The molecule has 0 radical (unpaired) electrons. The summed E-state index contributed by atoms with van der Waals surface area (Å²) < 4.78 is 0. The lowest BCUT2D eigenvalue weighted by Gasteiger charge is -2.26. The lowest BCUT2D eigenvalue weighted by atomic mass is 9.99. The van der Waals surface area contributed by atoms with Crippen molar-refractivity contribution in [1.29, 1.82) is 0 Å². The third-order valence-electron chi connectivity index (χ3n) is 2.54. The Morgan fingerprint density at radius 1 is 1.29 bits per heavy atom. The van der Waals surface area contributed by atoms with E-state index < -0.39 is 0 Å². The Morgan fingerprint density at radius 3 is 2.64 bits per heavy atom. The van der Waals surface area contributed by atoms with Gasteiger partial charge in [-0.15, -0.1) is 11.6 Å². The highest BCUT2D eigenvalue weighted by molar-refractivity contribution is 6.26. The third kappa shape index (κ3) is 1.99. The number of hydrogen-bond donors (Lipinski definition) is 0. The Hall–Kier alpha value is -0.790. The van der Waals surface area contributed by atoms with Crippen LogP contribution in [0, 0.1) is 0 Å². The number of nitrogens with zero attached hydrogens (tertiary/aromatic N) is 1. The van der Waals surface area contributed by atoms with Crippen LogP contribution in [0.4, 0.5) is 0 Å². The van der Waals surface area contributed by atoms with Gasteiger partial charge in [0.25, 0.3) is 0 Å². The summed E-state index contributed by atoms with van der Waals surface area (Å²) in [7, 11) is 2.09. The minimum atomic E-state index is 0.121. The summed E-state index contributed by atoms with van der Waals surface area (Å²) in [4.78, 5) is 2.23. The van der Waals surface area contributed by atoms with Crippen LogP contribution in [0.5, 0.6) is 0 Å². The summed E-state index contributed by atoms with van der Waals surface area (Å²) >= 11 is 6.30. The van der Waals surface area contributed by atoms with Crippen LogP contribution in [-0.2, 0) is 0 Å². The highest BCUT2D eigenvalue weighted by Gasteiger charge is 2.18. The van der Waals surface area contributed by atoms with E-state index in [1.54, 1.807) is 0 Å². The van der Waals surface area contributed by atoms with Crippen molar-refractivity contribution in [3.05, 3.63) is 42.0 Å². The van der Waals surface area contributed by atoms with Crippen LogP contribution in [0.2, 0.25) is 0 Å². The summed E-state index contributed by atoms with van der Waals surface area (Å²) in [5, 5.41) is 0.121. The molecule has 0 saturated heterocycles. The summed E-state index contributed by atoms with van der Waals surface area (Å²) in [5.74, 6) is 0. The maximum atomic E-state index is 6.30. The second kappa shape index (κ2) is 4.16. The predicted molar refractivity (Wildman–Crippen MR) is 61.6 cm³/mol. The number of alkyl halides is 1. The molecule has 1 aliphatic heterocycles. The minimum absolute atomic E-state index is 0.121. The van der Waals surface area contributed by atoms with Crippen LogP contribution in [0.25, 0.3) is 5.57 Å². The van der Waals surface area contributed by atoms with Crippen LogP contribution >= 0.6 is 11.6 Å². The van der Waals surface area contributed by atoms with E-state index in [0.29, 0.717) is 0 Å². The first-order chi connectivity index (χ1) is 6.77. The first-order valence-corrected chi connectivity index (χ1v) is 5.29. The predicted octanol–water partition coefficient (Wildman–Crippen LogP) is 2.62. The van der Waals surface area contributed by atoms with Gasteiger partial charge in [0.2, 0.25) is 0 Å². The summed E-state index contributed by atoms with van der Waals surface area (Å²) in [6.07, 6.45) is 2.22. The SMILES string of the molecule is CN1CC=C(c2ccccc2)C(Cl)C1. The summed E-state index contributed by atoms with van der Waals surface area (Å²) in [5.41, 5.74) is 2.52. The summed E-state index contributed by atoms with van der Waals surface area (Å²) in [6.45, 7) is 1.93. The van der Waals surface area contributed by atoms with E-state index >= 15 is 0 Å². The fraction of sp³-hybridized carbons (Fsp3) is 0.333. The van der Waals surface area contributed by atoms with Gasteiger partial charge in [-0.25, -0.2) is 0 Å². The van der Waals surface area contributed by atoms with Crippen molar-refractivity contribution < 1.29 is 0 Å². The number of likely N-dealkylation sites (N-methyl/N-ethyl adjacent to an activating group) is 1. The Balaban J connectivity index is 2.27. The average Bonchev–Trinajstić information content (AvgIpc) is 2.19. The van der Waals surface area contributed by atoms with E-state index in [1.165, 1.54) is 11.1 Å². The zero-order valence-corrected chi connectivity index (χ0v) is 9.04. The van der Waals surface area contributed by atoms with Gasteiger partial charge in [0.05, 0.1) is 5.38 Å². The van der Waals surface area contributed by atoms with Crippen LogP contribution < -0.4 is 0 Å². The van der Waals surface area contributed by atoms with E-state index in [9.17, 15) is 0 Å². The van der Waals surface area contributed by atoms with Gasteiger partial charge in [-0.3, -0.25) is 0 Å². The largest absolute Gasteiger partial charge is 0.301 e. The van der Waals surface area contributed by atoms with Gasteiger partial charge in [-0.1, -0.05) is 36.4 Å². The molecule has 1 aromatic carbocycles. The molecule has 14 heavy (non-hydrogen) atoms. The fourth-order valence-corrected chi connectivity index (χ4v) is 2.21. The van der Waals surface area contributed by atoms with E-state index in [4.69, 9.17) is 11.6 Å². The van der Waals surface area contributed by atoms with E-state index in [0.717, 1.165) is 13.1 Å². The van der Waals surface area contributed by atoms with Crippen LogP contribution in [-0.4, -0.2) is 30.4 Å². The van der Waals surface area contributed by atoms with Crippen molar-refractivity contribution in [2.75, 3.05) is 20.1 Å². The molecule has 0 amide bonds. The van der Waals surface area contributed by atoms with Gasteiger partial charge in [0.15, 0.2) is 0 Å². The van der Waals surface area contributed by atoms with Crippen molar-refractivity contribution >= 4 is 17.2 Å². The second-order valence-electron chi connectivity index (χ2n) is 3.71. The van der Waals surface area contributed by atoms with Crippen molar-refractivity contribution in [3.63, 3.8) is 0 Å². The number of rotatable bonds is 1. The van der Waals surface area contributed by atoms with Gasteiger partial charge in [0, 0.05) is 13.1 Å². The zero-order chi connectivity index (χ0) is 9.97.